The molecule has 0 radical (unpaired) electrons. The van der Waals surface area contributed by atoms with Crippen molar-refractivity contribution in [2.45, 2.75) is 40.5 Å². The normalized spacial score (nSPS) is 13.2. The highest BCUT2D eigenvalue weighted by Crippen LogP contribution is 2.18. The van der Waals surface area contributed by atoms with Gasteiger partial charge in [0.15, 0.2) is 0 Å². The maximum atomic E-state index is 4.26. The molecule has 108 valence electrons. The van der Waals surface area contributed by atoms with Crippen molar-refractivity contribution >= 4 is 15.9 Å². The molecule has 2 nitrogen and oxygen atoms in total. The molecule has 0 saturated carbocycles. The summed E-state index contributed by atoms with van der Waals surface area (Å²) in [5.41, 5.74) is 1.33. The first-order chi connectivity index (χ1) is 8.97. The van der Waals surface area contributed by atoms with E-state index in [0.717, 1.165) is 29.9 Å². The van der Waals surface area contributed by atoms with E-state index in [-0.39, 0.29) is 0 Å². The first-order valence-electron chi connectivity index (χ1n) is 7.27. The molecule has 3 heteroatoms. The quantitative estimate of drug-likeness (QED) is 0.770. The molecule has 1 aromatic heterocycles. The van der Waals surface area contributed by atoms with Gasteiger partial charge < -0.3 is 5.32 Å². The fourth-order valence-corrected chi connectivity index (χ4v) is 2.79. The number of halogens is 1. The van der Waals surface area contributed by atoms with Crippen molar-refractivity contribution in [3.63, 3.8) is 0 Å². The Balaban J connectivity index is 2.53. The molecule has 0 aliphatic carbocycles. The molecule has 1 unspecified atom stereocenters. The van der Waals surface area contributed by atoms with Crippen LogP contribution in [0.25, 0.3) is 0 Å². The van der Waals surface area contributed by atoms with E-state index < -0.39 is 0 Å². The summed E-state index contributed by atoms with van der Waals surface area (Å²) in [4.78, 5) is 4.26. The summed E-state index contributed by atoms with van der Waals surface area (Å²) in [6, 6.07) is 2.18. The van der Waals surface area contributed by atoms with Gasteiger partial charge in [-0.05, 0) is 71.2 Å². The molecule has 1 aromatic rings. The van der Waals surface area contributed by atoms with E-state index in [4.69, 9.17) is 0 Å². The zero-order valence-electron chi connectivity index (χ0n) is 12.6. The molecule has 1 atom stereocenters. The number of nitrogens with one attached hydrogen (secondary N) is 1. The predicted molar refractivity (Wildman–Crippen MR) is 86.3 cm³/mol. The van der Waals surface area contributed by atoms with Gasteiger partial charge in [0.2, 0.25) is 0 Å². The smallest absolute Gasteiger partial charge is 0.0410 e. The number of aromatic nitrogens is 1. The van der Waals surface area contributed by atoms with Crippen LogP contribution in [0.15, 0.2) is 22.9 Å². The molecule has 1 rings (SSSR count). The average Bonchev–Trinajstić information content (AvgIpc) is 2.27. The van der Waals surface area contributed by atoms with Crippen LogP contribution < -0.4 is 5.32 Å². The van der Waals surface area contributed by atoms with Gasteiger partial charge in [-0.2, -0.15) is 0 Å². The number of pyridine rings is 1. The summed E-state index contributed by atoms with van der Waals surface area (Å²) in [5, 5.41) is 3.59. The molecule has 0 aromatic carbocycles. The van der Waals surface area contributed by atoms with Crippen molar-refractivity contribution in [3.05, 3.63) is 28.5 Å². The van der Waals surface area contributed by atoms with Gasteiger partial charge in [0.1, 0.15) is 0 Å². The van der Waals surface area contributed by atoms with Gasteiger partial charge in [0.25, 0.3) is 0 Å². The lowest BCUT2D eigenvalue weighted by Gasteiger charge is -2.20. The fourth-order valence-electron chi connectivity index (χ4n) is 2.38. The number of hydrogen-bond donors (Lipinski definition) is 1. The first kappa shape index (κ1) is 16.6. The maximum Gasteiger partial charge on any atom is 0.0410 e. The van der Waals surface area contributed by atoms with Gasteiger partial charge in [0.05, 0.1) is 0 Å². The second-order valence-electron chi connectivity index (χ2n) is 6.26. The lowest BCUT2D eigenvalue weighted by atomic mass is 9.91. The minimum atomic E-state index is 0.690. The molecule has 19 heavy (non-hydrogen) atoms. The van der Waals surface area contributed by atoms with E-state index >= 15 is 0 Å². The Hall–Kier alpha value is -0.410. The molecule has 0 amide bonds. The van der Waals surface area contributed by atoms with E-state index in [1.807, 2.05) is 12.4 Å². The summed E-state index contributed by atoms with van der Waals surface area (Å²) in [5.74, 6) is 2.15. The summed E-state index contributed by atoms with van der Waals surface area (Å²) in [7, 11) is 0. The van der Waals surface area contributed by atoms with E-state index in [9.17, 15) is 0 Å². The highest BCUT2D eigenvalue weighted by atomic mass is 79.9. The molecular formula is C16H27BrN2. The zero-order valence-corrected chi connectivity index (χ0v) is 14.2. The molecular weight excluding hydrogens is 300 g/mol. The number of hydrogen-bond acceptors (Lipinski definition) is 2. The predicted octanol–water partition coefficient (Wildman–Crippen LogP) is 4.29. The molecule has 1 heterocycles. The van der Waals surface area contributed by atoms with Gasteiger partial charge in [0, 0.05) is 16.9 Å². The summed E-state index contributed by atoms with van der Waals surface area (Å²) in [6.45, 7) is 11.3. The van der Waals surface area contributed by atoms with Crippen LogP contribution in [0.2, 0.25) is 0 Å². The van der Waals surface area contributed by atoms with E-state index in [1.165, 1.54) is 12.0 Å². The Bertz CT molecular complexity index is 364. The third kappa shape index (κ3) is 7.68. The van der Waals surface area contributed by atoms with Crippen LogP contribution in [0.1, 0.15) is 39.7 Å². The molecule has 0 aliphatic rings. The fraction of sp³-hybridized carbons (Fsp3) is 0.688. The van der Waals surface area contributed by atoms with E-state index in [2.05, 4.69) is 60.0 Å². The monoisotopic (exact) mass is 326 g/mol. The van der Waals surface area contributed by atoms with Gasteiger partial charge in [-0.3, -0.25) is 4.98 Å². The molecule has 0 saturated heterocycles. The summed E-state index contributed by atoms with van der Waals surface area (Å²) < 4.78 is 1.07. The van der Waals surface area contributed by atoms with Crippen molar-refractivity contribution in [3.8, 4) is 0 Å². The van der Waals surface area contributed by atoms with Gasteiger partial charge >= 0.3 is 0 Å². The zero-order chi connectivity index (χ0) is 14.3. The van der Waals surface area contributed by atoms with E-state index in [0.29, 0.717) is 11.8 Å². The second kappa shape index (κ2) is 8.70. The summed E-state index contributed by atoms with van der Waals surface area (Å²) >= 11 is 3.50. The Morgan fingerprint density at radius 3 is 2.42 bits per heavy atom. The average molecular weight is 327 g/mol. The van der Waals surface area contributed by atoms with Crippen molar-refractivity contribution in [2.75, 3.05) is 13.1 Å². The summed E-state index contributed by atoms with van der Waals surface area (Å²) in [6.07, 6.45) is 6.20. The van der Waals surface area contributed by atoms with Crippen LogP contribution in [0.4, 0.5) is 0 Å². The van der Waals surface area contributed by atoms with Crippen LogP contribution in [0, 0.1) is 17.8 Å². The lowest BCUT2D eigenvalue weighted by molar-refractivity contribution is 0.376. The van der Waals surface area contributed by atoms with Crippen LogP contribution in [0.3, 0.4) is 0 Å². The van der Waals surface area contributed by atoms with Crippen molar-refractivity contribution in [1.29, 1.82) is 0 Å². The Kier molecular flexibility index (Phi) is 7.62. The Labute approximate surface area is 126 Å². The Morgan fingerprint density at radius 1 is 1.11 bits per heavy atom. The minimum Gasteiger partial charge on any atom is -0.316 e. The molecule has 1 N–H and O–H groups in total. The van der Waals surface area contributed by atoms with Crippen molar-refractivity contribution < 1.29 is 0 Å². The topological polar surface area (TPSA) is 24.9 Å². The van der Waals surface area contributed by atoms with E-state index in [1.54, 1.807) is 0 Å². The van der Waals surface area contributed by atoms with Gasteiger partial charge in [-0.15, -0.1) is 0 Å². The number of nitrogens with zero attached hydrogens (tertiary/aromatic N) is 1. The van der Waals surface area contributed by atoms with Crippen LogP contribution >= 0.6 is 15.9 Å². The molecule has 0 aliphatic heterocycles. The maximum absolute atomic E-state index is 4.26. The molecule has 0 fully saturated rings. The van der Waals surface area contributed by atoms with Crippen LogP contribution in [-0.4, -0.2) is 18.1 Å². The third-order valence-electron chi connectivity index (χ3n) is 3.08. The standard InChI is InChI=1S/C16H27BrN2/c1-12(2)5-14(9-18-8-13(3)4)6-15-7-16(17)11-19-10-15/h7,10-14,18H,5-6,8-9H2,1-4H3. The van der Waals surface area contributed by atoms with Crippen molar-refractivity contribution in [2.24, 2.45) is 17.8 Å². The third-order valence-corrected chi connectivity index (χ3v) is 3.51. The minimum absolute atomic E-state index is 0.690. The molecule has 0 bridgehead atoms. The van der Waals surface area contributed by atoms with Gasteiger partial charge in [-0.1, -0.05) is 27.7 Å². The van der Waals surface area contributed by atoms with Crippen LogP contribution in [-0.2, 0) is 6.42 Å². The highest BCUT2D eigenvalue weighted by Gasteiger charge is 2.12. The van der Waals surface area contributed by atoms with Gasteiger partial charge in [-0.25, -0.2) is 0 Å². The SMILES string of the molecule is CC(C)CNCC(Cc1cncc(Br)c1)CC(C)C. The first-order valence-corrected chi connectivity index (χ1v) is 8.06. The largest absolute Gasteiger partial charge is 0.316 e. The highest BCUT2D eigenvalue weighted by molar-refractivity contribution is 9.10. The van der Waals surface area contributed by atoms with Crippen molar-refractivity contribution in [1.82, 2.24) is 10.3 Å². The van der Waals surface area contributed by atoms with Crippen LogP contribution in [0.5, 0.6) is 0 Å². The Morgan fingerprint density at radius 2 is 1.84 bits per heavy atom. The number of rotatable bonds is 8. The molecule has 0 spiro atoms. The second-order valence-corrected chi connectivity index (χ2v) is 7.18. The lowest BCUT2D eigenvalue weighted by Crippen LogP contribution is -2.28.